The van der Waals surface area contributed by atoms with E-state index in [1.54, 1.807) is 0 Å². The van der Waals surface area contributed by atoms with Crippen molar-refractivity contribution in [2.24, 2.45) is 11.7 Å². The van der Waals surface area contributed by atoms with Crippen LogP contribution in [-0.2, 0) is 6.54 Å². The maximum Gasteiger partial charge on any atom is 0.0409 e. The Labute approximate surface area is 128 Å². The SMILES string of the molecule is CN(Cc1cccc(Cl)c1)C(CN)CC1CCCCC1. The zero-order valence-corrected chi connectivity index (χ0v) is 13.3. The molecule has 1 aliphatic rings. The lowest BCUT2D eigenvalue weighted by molar-refractivity contribution is 0.185. The molecule has 0 amide bonds. The van der Waals surface area contributed by atoms with Crippen LogP contribution >= 0.6 is 11.6 Å². The number of nitrogens with zero attached hydrogens (tertiary/aromatic N) is 1. The fourth-order valence-electron chi connectivity index (χ4n) is 3.32. The molecule has 1 atom stereocenters. The van der Waals surface area contributed by atoms with Crippen LogP contribution in [0.3, 0.4) is 0 Å². The second-order valence-electron chi connectivity index (χ2n) is 6.17. The first kappa shape index (κ1) is 15.8. The summed E-state index contributed by atoms with van der Waals surface area (Å²) < 4.78 is 0. The Morgan fingerprint density at radius 3 is 2.70 bits per heavy atom. The Morgan fingerprint density at radius 1 is 1.30 bits per heavy atom. The lowest BCUT2D eigenvalue weighted by Gasteiger charge is -2.32. The minimum atomic E-state index is 0.483. The van der Waals surface area contributed by atoms with Gasteiger partial charge in [0.2, 0.25) is 0 Å². The van der Waals surface area contributed by atoms with Gasteiger partial charge >= 0.3 is 0 Å². The van der Waals surface area contributed by atoms with Crippen LogP contribution in [0.2, 0.25) is 5.02 Å². The van der Waals surface area contributed by atoms with E-state index in [1.807, 2.05) is 18.2 Å². The van der Waals surface area contributed by atoms with Gasteiger partial charge in [-0.3, -0.25) is 4.90 Å². The molecule has 0 bridgehead atoms. The van der Waals surface area contributed by atoms with Crippen molar-refractivity contribution >= 4 is 11.6 Å². The van der Waals surface area contributed by atoms with Crippen molar-refractivity contribution in [3.05, 3.63) is 34.9 Å². The van der Waals surface area contributed by atoms with Gasteiger partial charge in [0.05, 0.1) is 0 Å². The van der Waals surface area contributed by atoms with Crippen LogP contribution in [0.15, 0.2) is 24.3 Å². The molecule has 1 fully saturated rings. The first-order valence-corrected chi connectivity index (χ1v) is 8.21. The number of likely N-dealkylation sites (N-methyl/N-ethyl adjacent to an activating group) is 1. The number of rotatable bonds is 6. The molecule has 1 aromatic rings. The second kappa shape index (κ2) is 8.02. The van der Waals surface area contributed by atoms with E-state index in [2.05, 4.69) is 18.0 Å². The van der Waals surface area contributed by atoms with Crippen molar-refractivity contribution in [3.63, 3.8) is 0 Å². The highest BCUT2D eigenvalue weighted by atomic mass is 35.5. The van der Waals surface area contributed by atoms with Crippen molar-refractivity contribution in [1.29, 1.82) is 0 Å². The minimum absolute atomic E-state index is 0.483. The summed E-state index contributed by atoms with van der Waals surface area (Å²) in [7, 11) is 2.18. The maximum atomic E-state index is 6.05. The average molecular weight is 295 g/mol. The van der Waals surface area contributed by atoms with Gasteiger partial charge in [-0.1, -0.05) is 55.8 Å². The summed E-state index contributed by atoms with van der Waals surface area (Å²) in [5, 5.41) is 0.812. The van der Waals surface area contributed by atoms with Crippen molar-refractivity contribution in [2.45, 2.75) is 51.1 Å². The van der Waals surface area contributed by atoms with Gasteiger partial charge in [0.25, 0.3) is 0 Å². The van der Waals surface area contributed by atoms with Gasteiger partial charge in [0.15, 0.2) is 0 Å². The Bertz CT molecular complexity index is 402. The summed E-state index contributed by atoms with van der Waals surface area (Å²) in [6.45, 7) is 1.67. The predicted molar refractivity (Wildman–Crippen MR) is 87.0 cm³/mol. The number of nitrogens with two attached hydrogens (primary N) is 1. The average Bonchev–Trinajstić information content (AvgIpc) is 2.45. The summed E-state index contributed by atoms with van der Waals surface area (Å²) in [5.41, 5.74) is 7.27. The smallest absolute Gasteiger partial charge is 0.0409 e. The molecule has 1 saturated carbocycles. The summed E-state index contributed by atoms with van der Waals surface area (Å²) in [6, 6.07) is 8.61. The van der Waals surface area contributed by atoms with Gasteiger partial charge < -0.3 is 5.73 Å². The molecule has 2 rings (SSSR count). The van der Waals surface area contributed by atoms with Gasteiger partial charge in [0, 0.05) is 24.2 Å². The normalized spacial score (nSPS) is 18.4. The molecule has 0 radical (unpaired) electrons. The van der Waals surface area contributed by atoms with Gasteiger partial charge in [-0.15, -0.1) is 0 Å². The van der Waals surface area contributed by atoms with E-state index < -0.39 is 0 Å². The molecule has 1 aliphatic carbocycles. The number of benzene rings is 1. The Morgan fingerprint density at radius 2 is 2.05 bits per heavy atom. The molecular formula is C17H27ClN2. The molecule has 0 spiro atoms. The fraction of sp³-hybridized carbons (Fsp3) is 0.647. The molecule has 0 aromatic heterocycles. The topological polar surface area (TPSA) is 29.3 Å². The van der Waals surface area contributed by atoms with Gasteiger partial charge in [-0.2, -0.15) is 0 Å². The summed E-state index contributed by atoms with van der Waals surface area (Å²) >= 11 is 6.05. The third-order valence-electron chi connectivity index (χ3n) is 4.55. The molecule has 3 heteroatoms. The van der Waals surface area contributed by atoms with Gasteiger partial charge in [-0.25, -0.2) is 0 Å². The quantitative estimate of drug-likeness (QED) is 0.857. The van der Waals surface area contributed by atoms with E-state index >= 15 is 0 Å². The van der Waals surface area contributed by atoms with Crippen molar-refractivity contribution in [2.75, 3.05) is 13.6 Å². The molecule has 20 heavy (non-hydrogen) atoms. The lowest BCUT2D eigenvalue weighted by Crippen LogP contribution is -2.39. The number of halogens is 1. The highest BCUT2D eigenvalue weighted by Gasteiger charge is 2.21. The van der Waals surface area contributed by atoms with E-state index in [1.165, 1.54) is 44.1 Å². The van der Waals surface area contributed by atoms with Crippen LogP contribution in [0, 0.1) is 5.92 Å². The van der Waals surface area contributed by atoms with Crippen LogP contribution in [0.1, 0.15) is 44.1 Å². The van der Waals surface area contributed by atoms with Crippen molar-refractivity contribution < 1.29 is 0 Å². The largest absolute Gasteiger partial charge is 0.329 e. The fourth-order valence-corrected chi connectivity index (χ4v) is 3.53. The monoisotopic (exact) mass is 294 g/mol. The molecule has 2 nitrogen and oxygen atoms in total. The molecule has 0 aliphatic heterocycles. The van der Waals surface area contributed by atoms with E-state index in [4.69, 9.17) is 17.3 Å². The Hall–Kier alpha value is -0.570. The molecule has 112 valence electrons. The summed E-state index contributed by atoms with van der Waals surface area (Å²) in [5.74, 6) is 0.874. The van der Waals surface area contributed by atoms with Crippen LogP contribution in [0.25, 0.3) is 0 Å². The van der Waals surface area contributed by atoms with E-state index in [0.29, 0.717) is 6.04 Å². The standard InChI is InChI=1S/C17H27ClN2/c1-20(13-15-8-5-9-16(18)10-15)17(12-19)11-14-6-3-2-4-7-14/h5,8-10,14,17H,2-4,6-7,11-13,19H2,1H3. The van der Waals surface area contributed by atoms with Crippen LogP contribution in [0.5, 0.6) is 0 Å². The van der Waals surface area contributed by atoms with E-state index in [-0.39, 0.29) is 0 Å². The third-order valence-corrected chi connectivity index (χ3v) is 4.78. The first-order valence-electron chi connectivity index (χ1n) is 7.84. The summed E-state index contributed by atoms with van der Waals surface area (Å²) in [6.07, 6.45) is 8.25. The zero-order valence-electron chi connectivity index (χ0n) is 12.5. The molecule has 1 aromatic carbocycles. The molecule has 0 heterocycles. The second-order valence-corrected chi connectivity index (χ2v) is 6.61. The first-order chi connectivity index (χ1) is 9.69. The highest BCUT2D eigenvalue weighted by molar-refractivity contribution is 6.30. The third kappa shape index (κ3) is 4.76. The van der Waals surface area contributed by atoms with Gasteiger partial charge in [-0.05, 0) is 37.1 Å². The highest BCUT2D eigenvalue weighted by Crippen LogP contribution is 2.28. The number of hydrogen-bond donors (Lipinski definition) is 1. The van der Waals surface area contributed by atoms with E-state index in [9.17, 15) is 0 Å². The number of hydrogen-bond acceptors (Lipinski definition) is 2. The minimum Gasteiger partial charge on any atom is -0.329 e. The maximum absolute atomic E-state index is 6.05. The zero-order chi connectivity index (χ0) is 14.4. The predicted octanol–water partition coefficient (Wildman–Crippen LogP) is 4.07. The van der Waals surface area contributed by atoms with Crippen LogP contribution in [-0.4, -0.2) is 24.5 Å². The lowest BCUT2D eigenvalue weighted by atomic mass is 9.84. The molecule has 0 saturated heterocycles. The molecular weight excluding hydrogens is 268 g/mol. The van der Waals surface area contributed by atoms with Crippen LogP contribution < -0.4 is 5.73 Å². The summed E-state index contributed by atoms with van der Waals surface area (Å²) in [4.78, 5) is 2.39. The Balaban J connectivity index is 1.89. The van der Waals surface area contributed by atoms with Crippen LogP contribution in [0.4, 0.5) is 0 Å². The van der Waals surface area contributed by atoms with Crippen molar-refractivity contribution in [1.82, 2.24) is 4.90 Å². The van der Waals surface area contributed by atoms with Gasteiger partial charge in [0.1, 0.15) is 0 Å². The molecule has 1 unspecified atom stereocenters. The van der Waals surface area contributed by atoms with E-state index in [0.717, 1.165) is 24.0 Å². The molecule has 2 N–H and O–H groups in total. The van der Waals surface area contributed by atoms with Crippen molar-refractivity contribution in [3.8, 4) is 0 Å². The Kier molecular flexibility index (Phi) is 6.34.